The first-order valence-electron chi connectivity index (χ1n) is 6.75. The average Bonchev–Trinajstić information content (AvgIpc) is 2.47. The third-order valence-electron chi connectivity index (χ3n) is 3.63. The first-order chi connectivity index (χ1) is 9.78. The highest BCUT2D eigenvalue weighted by Crippen LogP contribution is 2.33. The van der Waals surface area contributed by atoms with Gasteiger partial charge in [-0.3, -0.25) is 4.79 Å². The summed E-state index contributed by atoms with van der Waals surface area (Å²) in [4.78, 5) is 18.5. The molecule has 2 aromatic heterocycles. The van der Waals surface area contributed by atoms with Crippen LogP contribution in [-0.4, -0.2) is 17.1 Å². The van der Waals surface area contributed by atoms with Crippen molar-refractivity contribution in [2.24, 2.45) is 0 Å². The van der Waals surface area contributed by atoms with Crippen LogP contribution >= 0.6 is 0 Å². The van der Waals surface area contributed by atoms with Crippen LogP contribution in [0.15, 0.2) is 35.3 Å². The van der Waals surface area contributed by atoms with Crippen molar-refractivity contribution in [3.63, 3.8) is 0 Å². The molecule has 0 fully saturated rings. The molecule has 1 aliphatic carbocycles. The Balaban J connectivity index is 1.91. The number of nitrogens with one attached hydrogen (secondary N) is 2. The summed E-state index contributed by atoms with van der Waals surface area (Å²) in [6.07, 6.45) is 4.70. The molecule has 0 amide bonds. The second kappa shape index (κ2) is 5.36. The molecule has 20 heavy (non-hydrogen) atoms. The minimum absolute atomic E-state index is 0.0386. The molecule has 2 N–H and O–H groups in total. The van der Waals surface area contributed by atoms with E-state index in [0.717, 1.165) is 36.2 Å². The van der Waals surface area contributed by atoms with Gasteiger partial charge in [0.2, 0.25) is 11.4 Å². The third-order valence-corrected chi connectivity index (χ3v) is 3.63. The minimum Gasteiger partial charge on any atom is -0.480 e. The topological polar surface area (TPSA) is 67.0 Å². The highest BCUT2D eigenvalue weighted by atomic mass is 16.5. The molecule has 0 radical (unpaired) electrons. The van der Waals surface area contributed by atoms with Crippen LogP contribution in [0.3, 0.4) is 0 Å². The molecule has 1 atom stereocenters. The summed E-state index contributed by atoms with van der Waals surface area (Å²) >= 11 is 0. The number of aromatic amines is 1. The smallest absolute Gasteiger partial charge is 0.248 e. The minimum atomic E-state index is -0.0386. The van der Waals surface area contributed by atoms with Crippen LogP contribution in [0.25, 0.3) is 0 Å². The van der Waals surface area contributed by atoms with Crippen LogP contribution in [0.5, 0.6) is 5.88 Å². The van der Waals surface area contributed by atoms with Crippen molar-refractivity contribution in [3.8, 4) is 5.88 Å². The molecule has 2 aromatic rings. The molecule has 5 heteroatoms. The maximum absolute atomic E-state index is 11.4. The number of ether oxygens (including phenoxy) is 1. The standard InChI is InChI=1S/C15H17N3O2/c1-20-15-13(6-3-9-16-15)17-11-4-2-5-12-10(11)7-8-14(19)18-12/h3,6-9,11,17H,2,4-5H2,1H3,(H,18,19). The fourth-order valence-corrected chi connectivity index (χ4v) is 2.70. The summed E-state index contributed by atoms with van der Waals surface area (Å²) in [6, 6.07) is 7.49. The highest BCUT2D eigenvalue weighted by molar-refractivity contribution is 5.54. The molecule has 1 aliphatic rings. The lowest BCUT2D eigenvalue weighted by molar-refractivity contribution is 0.399. The Bertz CT molecular complexity index is 666. The molecule has 0 saturated heterocycles. The molecule has 0 aliphatic heterocycles. The molecule has 5 nitrogen and oxygen atoms in total. The molecule has 104 valence electrons. The van der Waals surface area contributed by atoms with Gasteiger partial charge >= 0.3 is 0 Å². The van der Waals surface area contributed by atoms with Crippen LogP contribution in [0.1, 0.15) is 30.1 Å². The van der Waals surface area contributed by atoms with Gasteiger partial charge in [0.25, 0.3) is 0 Å². The maximum Gasteiger partial charge on any atom is 0.248 e. The van der Waals surface area contributed by atoms with Crippen molar-refractivity contribution in [2.45, 2.75) is 25.3 Å². The number of rotatable bonds is 3. The maximum atomic E-state index is 11.4. The number of nitrogens with zero attached hydrogens (tertiary/aromatic N) is 1. The van der Waals surface area contributed by atoms with Gasteiger partial charge in [-0.1, -0.05) is 0 Å². The fourth-order valence-electron chi connectivity index (χ4n) is 2.70. The normalized spacial score (nSPS) is 17.4. The Morgan fingerprint density at radius 1 is 1.40 bits per heavy atom. The van der Waals surface area contributed by atoms with E-state index in [0.29, 0.717) is 5.88 Å². The monoisotopic (exact) mass is 271 g/mol. The Morgan fingerprint density at radius 2 is 2.30 bits per heavy atom. The van der Waals surface area contributed by atoms with E-state index in [4.69, 9.17) is 4.74 Å². The molecule has 0 aromatic carbocycles. The molecule has 0 saturated carbocycles. The van der Waals surface area contributed by atoms with E-state index in [1.54, 1.807) is 19.4 Å². The molecule has 1 unspecified atom stereocenters. The van der Waals surface area contributed by atoms with Crippen LogP contribution in [-0.2, 0) is 6.42 Å². The lowest BCUT2D eigenvalue weighted by Crippen LogP contribution is -2.21. The fraction of sp³-hybridized carbons (Fsp3) is 0.333. The summed E-state index contributed by atoms with van der Waals surface area (Å²) in [5.41, 5.74) is 3.02. The Hall–Kier alpha value is -2.30. The van der Waals surface area contributed by atoms with Gasteiger partial charge in [-0.15, -0.1) is 0 Å². The Kier molecular flexibility index (Phi) is 3.41. The lowest BCUT2D eigenvalue weighted by atomic mass is 9.91. The lowest BCUT2D eigenvalue weighted by Gasteiger charge is -2.27. The van der Waals surface area contributed by atoms with Crippen molar-refractivity contribution >= 4 is 5.69 Å². The van der Waals surface area contributed by atoms with Crippen molar-refractivity contribution in [1.82, 2.24) is 9.97 Å². The van der Waals surface area contributed by atoms with Crippen molar-refractivity contribution in [1.29, 1.82) is 0 Å². The van der Waals surface area contributed by atoms with Gasteiger partial charge in [0.1, 0.15) is 0 Å². The van der Waals surface area contributed by atoms with Gasteiger partial charge in [-0.05, 0) is 43.0 Å². The summed E-state index contributed by atoms with van der Waals surface area (Å²) in [5.74, 6) is 0.587. The van der Waals surface area contributed by atoms with Crippen LogP contribution in [0.4, 0.5) is 5.69 Å². The number of methoxy groups -OCH3 is 1. The molecule has 3 rings (SSSR count). The number of aromatic nitrogens is 2. The number of hydrogen-bond acceptors (Lipinski definition) is 4. The highest BCUT2D eigenvalue weighted by Gasteiger charge is 2.21. The summed E-state index contributed by atoms with van der Waals surface area (Å²) in [6.45, 7) is 0. The largest absolute Gasteiger partial charge is 0.480 e. The van der Waals surface area contributed by atoms with E-state index in [1.165, 1.54) is 0 Å². The zero-order chi connectivity index (χ0) is 13.9. The molecule has 0 bridgehead atoms. The van der Waals surface area contributed by atoms with Gasteiger partial charge in [0.05, 0.1) is 18.8 Å². The van der Waals surface area contributed by atoms with Gasteiger partial charge in [-0.2, -0.15) is 0 Å². The van der Waals surface area contributed by atoms with Crippen molar-refractivity contribution < 1.29 is 4.74 Å². The van der Waals surface area contributed by atoms with E-state index in [9.17, 15) is 4.79 Å². The summed E-state index contributed by atoms with van der Waals surface area (Å²) < 4.78 is 5.26. The van der Waals surface area contributed by atoms with Crippen molar-refractivity contribution in [2.75, 3.05) is 12.4 Å². The molecular weight excluding hydrogens is 254 g/mol. The quantitative estimate of drug-likeness (QED) is 0.898. The molecular formula is C15H17N3O2. The van der Waals surface area contributed by atoms with Crippen LogP contribution in [0.2, 0.25) is 0 Å². The average molecular weight is 271 g/mol. The number of pyridine rings is 2. The van der Waals surface area contributed by atoms with Gasteiger partial charge in [0.15, 0.2) is 0 Å². The zero-order valence-corrected chi connectivity index (χ0v) is 11.3. The predicted octanol–water partition coefficient (Wildman–Crippen LogP) is 2.27. The van der Waals surface area contributed by atoms with Gasteiger partial charge in [-0.25, -0.2) is 4.98 Å². The van der Waals surface area contributed by atoms with E-state index in [-0.39, 0.29) is 11.6 Å². The predicted molar refractivity (Wildman–Crippen MR) is 77.2 cm³/mol. The molecule has 0 spiro atoms. The number of H-pyrrole nitrogens is 1. The SMILES string of the molecule is COc1ncccc1NC1CCCc2[nH]c(=O)ccc21. The Labute approximate surface area is 117 Å². The van der Waals surface area contributed by atoms with Crippen LogP contribution in [0, 0.1) is 0 Å². The number of anilines is 1. The second-order valence-corrected chi connectivity index (χ2v) is 4.91. The zero-order valence-electron chi connectivity index (χ0n) is 11.3. The number of aryl methyl sites for hydroxylation is 1. The van der Waals surface area contributed by atoms with Crippen molar-refractivity contribution in [3.05, 3.63) is 52.1 Å². The summed E-state index contributed by atoms with van der Waals surface area (Å²) in [7, 11) is 1.61. The van der Waals surface area contributed by atoms with E-state index in [2.05, 4.69) is 15.3 Å². The number of fused-ring (bicyclic) bond motifs is 1. The first-order valence-corrected chi connectivity index (χ1v) is 6.75. The first kappa shape index (κ1) is 12.7. The van der Waals surface area contributed by atoms with E-state index in [1.807, 2.05) is 18.2 Å². The van der Waals surface area contributed by atoms with E-state index >= 15 is 0 Å². The Morgan fingerprint density at radius 3 is 3.15 bits per heavy atom. The third kappa shape index (κ3) is 2.39. The molecule has 2 heterocycles. The van der Waals surface area contributed by atoms with Gasteiger partial charge < -0.3 is 15.0 Å². The van der Waals surface area contributed by atoms with E-state index < -0.39 is 0 Å². The van der Waals surface area contributed by atoms with Crippen LogP contribution < -0.4 is 15.6 Å². The summed E-state index contributed by atoms with van der Waals surface area (Å²) in [5, 5.41) is 3.47. The number of hydrogen-bond donors (Lipinski definition) is 2. The second-order valence-electron chi connectivity index (χ2n) is 4.91. The van der Waals surface area contributed by atoms with Gasteiger partial charge in [0, 0.05) is 18.0 Å².